The van der Waals surface area contributed by atoms with E-state index in [0.29, 0.717) is 39.8 Å². The van der Waals surface area contributed by atoms with E-state index in [2.05, 4.69) is 10.3 Å². The van der Waals surface area contributed by atoms with Crippen molar-refractivity contribution in [1.29, 1.82) is 0 Å². The molecule has 7 nitrogen and oxygen atoms in total. The summed E-state index contributed by atoms with van der Waals surface area (Å²) in [6.45, 7) is 4.44. The topological polar surface area (TPSA) is 78.3 Å². The van der Waals surface area contributed by atoms with Crippen LogP contribution in [0.2, 0.25) is 5.02 Å². The Bertz CT molecular complexity index is 1450. The lowest BCUT2D eigenvalue weighted by molar-refractivity contribution is -0.140. The number of thioether (sulfide) groups is 1. The Morgan fingerprint density at radius 3 is 2.50 bits per heavy atom. The predicted octanol–water partition coefficient (Wildman–Crippen LogP) is 6.65. The van der Waals surface area contributed by atoms with E-state index in [-0.39, 0.29) is 6.61 Å². The van der Waals surface area contributed by atoms with E-state index in [1.54, 1.807) is 16.4 Å². The van der Waals surface area contributed by atoms with Gasteiger partial charge in [0.1, 0.15) is 25.0 Å². The van der Waals surface area contributed by atoms with E-state index in [0.717, 1.165) is 22.4 Å². The van der Waals surface area contributed by atoms with Crippen molar-refractivity contribution in [2.75, 3.05) is 11.1 Å². The molecule has 38 heavy (non-hydrogen) atoms. The van der Waals surface area contributed by atoms with Gasteiger partial charge in [0.25, 0.3) is 0 Å². The van der Waals surface area contributed by atoms with Crippen LogP contribution in [0, 0.1) is 0 Å². The third kappa shape index (κ3) is 5.71. The highest BCUT2D eigenvalue weighted by Crippen LogP contribution is 2.37. The number of halogens is 1. The number of anilines is 1. The minimum atomic E-state index is -0.508. The van der Waals surface area contributed by atoms with Crippen LogP contribution in [0.1, 0.15) is 36.6 Å². The number of rotatable bonds is 9. The van der Waals surface area contributed by atoms with E-state index in [1.165, 1.54) is 0 Å². The Labute approximate surface area is 230 Å². The number of carbonyl (C=O) groups excluding carboxylic acids is 1. The third-order valence-corrected chi connectivity index (χ3v) is 7.18. The monoisotopic (exact) mass is 546 g/mol. The maximum atomic E-state index is 13.4. The predicted molar refractivity (Wildman–Crippen MR) is 149 cm³/mol. The molecule has 9 heteroatoms. The zero-order chi connectivity index (χ0) is 26.5. The average molecular weight is 547 g/mol. The largest absolute Gasteiger partial charge is 0.489 e. The standard InChI is InChI=1S/C29H27ClN4O3S/c1-3-38-29-32-28-31-19(2)25(27(35)37-17-20-9-5-4-6-10-20)26(34(28)33-29)21-13-15-23(16-14-21)36-18-22-11-7-8-12-24(22)30/h4-16,26H,3,17-18H2,1-2H3,(H,31,32,33). The minimum absolute atomic E-state index is 0.180. The van der Waals surface area contributed by atoms with Crippen LogP contribution in [0.25, 0.3) is 0 Å². The summed E-state index contributed by atoms with van der Waals surface area (Å²) in [4.78, 5) is 18.1. The number of benzene rings is 3. The molecule has 0 aliphatic carbocycles. The van der Waals surface area contributed by atoms with Crippen molar-refractivity contribution in [1.82, 2.24) is 14.8 Å². The summed E-state index contributed by atoms with van der Waals surface area (Å²) in [5.41, 5.74) is 3.85. The Balaban J connectivity index is 1.42. The highest BCUT2D eigenvalue weighted by molar-refractivity contribution is 7.99. The Morgan fingerprint density at radius 2 is 1.76 bits per heavy atom. The average Bonchev–Trinajstić information content (AvgIpc) is 3.33. The summed E-state index contributed by atoms with van der Waals surface area (Å²) in [7, 11) is 0. The van der Waals surface area contributed by atoms with Gasteiger partial charge >= 0.3 is 5.97 Å². The van der Waals surface area contributed by atoms with Gasteiger partial charge in [-0.25, -0.2) is 9.48 Å². The smallest absolute Gasteiger partial charge is 0.338 e. The van der Waals surface area contributed by atoms with Crippen LogP contribution in [0.3, 0.4) is 0 Å². The highest BCUT2D eigenvalue weighted by atomic mass is 35.5. The number of nitrogens with one attached hydrogen (secondary N) is 1. The van der Waals surface area contributed by atoms with Crippen LogP contribution in [-0.2, 0) is 22.7 Å². The van der Waals surface area contributed by atoms with Crippen LogP contribution in [0.4, 0.5) is 5.95 Å². The van der Waals surface area contributed by atoms with Gasteiger partial charge in [-0.15, -0.1) is 5.10 Å². The fourth-order valence-electron chi connectivity index (χ4n) is 4.22. The summed E-state index contributed by atoms with van der Waals surface area (Å²) in [6, 6.07) is 24.4. The normalized spacial score (nSPS) is 14.6. The molecule has 0 radical (unpaired) electrons. The Hall–Kier alpha value is -3.75. The van der Waals surface area contributed by atoms with Crippen molar-refractivity contribution in [2.45, 2.75) is 38.3 Å². The van der Waals surface area contributed by atoms with Gasteiger partial charge in [-0.3, -0.25) is 0 Å². The first-order valence-corrected chi connectivity index (χ1v) is 13.6. The Morgan fingerprint density at radius 1 is 1.03 bits per heavy atom. The van der Waals surface area contributed by atoms with E-state index in [9.17, 15) is 4.79 Å². The lowest BCUT2D eigenvalue weighted by Gasteiger charge is -2.28. The third-order valence-electron chi connectivity index (χ3n) is 6.09. The van der Waals surface area contributed by atoms with Gasteiger partial charge in [0.2, 0.25) is 11.1 Å². The molecule has 1 unspecified atom stereocenters. The number of carbonyl (C=O) groups is 1. The molecule has 2 heterocycles. The SMILES string of the molecule is CCSc1nc2n(n1)C(c1ccc(OCc3ccccc3Cl)cc1)C(C(=O)OCc1ccccc1)=C(C)N2. The molecular formula is C29H27ClN4O3S. The summed E-state index contributed by atoms with van der Waals surface area (Å²) >= 11 is 7.81. The first-order valence-electron chi connectivity index (χ1n) is 12.3. The van der Waals surface area contributed by atoms with Crippen LogP contribution < -0.4 is 10.1 Å². The first-order chi connectivity index (χ1) is 18.5. The van der Waals surface area contributed by atoms with Crippen molar-refractivity contribution in [3.8, 4) is 5.75 Å². The molecule has 5 rings (SSSR count). The molecule has 0 saturated carbocycles. The van der Waals surface area contributed by atoms with Crippen molar-refractivity contribution in [2.24, 2.45) is 0 Å². The van der Waals surface area contributed by atoms with Crippen molar-refractivity contribution in [3.05, 3.63) is 112 Å². The molecule has 1 N–H and O–H groups in total. The van der Waals surface area contributed by atoms with Gasteiger partial charge in [0, 0.05) is 16.3 Å². The van der Waals surface area contributed by atoms with Gasteiger partial charge in [0.05, 0.1) is 5.57 Å². The second-order valence-corrected chi connectivity index (χ2v) is 10.3. The highest BCUT2D eigenvalue weighted by Gasteiger charge is 2.35. The number of allylic oxidation sites excluding steroid dienone is 1. The number of hydrogen-bond donors (Lipinski definition) is 1. The summed E-state index contributed by atoms with van der Waals surface area (Å²) in [5.74, 6) is 1.71. The first kappa shape index (κ1) is 25.9. The molecule has 3 aromatic carbocycles. The molecule has 0 amide bonds. The second-order valence-electron chi connectivity index (χ2n) is 8.67. The molecule has 194 valence electrons. The van der Waals surface area contributed by atoms with Crippen molar-refractivity contribution >= 4 is 35.3 Å². The molecule has 0 saturated heterocycles. The fourth-order valence-corrected chi connectivity index (χ4v) is 4.96. The maximum absolute atomic E-state index is 13.4. The minimum Gasteiger partial charge on any atom is -0.489 e. The molecule has 0 fully saturated rings. The number of esters is 1. The van der Waals surface area contributed by atoms with Crippen LogP contribution in [0.5, 0.6) is 5.75 Å². The quantitative estimate of drug-likeness (QED) is 0.186. The van der Waals surface area contributed by atoms with Gasteiger partial charge < -0.3 is 14.8 Å². The van der Waals surface area contributed by atoms with Gasteiger partial charge in [0.15, 0.2) is 0 Å². The van der Waals surface area contributed by atoms with Crippen molar-refractivity contribution < 1.29 is 14.3 Å². The number of fused-ring (bicyclic) bond motifs is 1. The summed E-state index contributed by atoms with van der Waals surface area (Å²) in [6.07, 6.45) is 0. The molecule has 1 aromatic heterocycles. The Kier molecular flexibility index (Phi) is 8.00. The van der Waals surface area contributed by atoms with E-state index in [4.69, 9.17) is 26.2 Å². The zero-order valence-corrected chi connectivity index (χ0v) is 22.6. The number of nitrogens with zero attached hydrogens (tertiary/aromatic N) is 3. The van der Waals surface area contributed by atoms with E-state index in [1.807, 2.05) is 92.7 Å². The fraction of sp³-hybridized carbons (Fsp3) is 0.207. The molecule has 4 aromatic rings. The molecular weight excluding hydrogens is 520 g/mol. The lowest BCUT2D eigenvalue weighted by Crippen LogP contribution is -2.29. The number of ether oxygens (including phenoxy) is 2. The molecule has 1 aliphatic heterocycles. The van der Waals surface area contributed by atoms with Gasteiger partial charge in [-0.1, -0.05) is 91.0 Å². The number of hydrogen-bond acceptors (Lipinski definition) is 7. The molecule has 1 aliphatic rings. The van der Waals surface area contributed by atoms with Crippen LogP contribution >= 0.6 is 23.4 Å². The van der Waals surface area contributed by atoms with E-state index < -0.39 is 12.0 Å². The second kappa shape index (κ2) is 11.8. The van der Waals surface area contributed by atoms with Crippen molar-refractivity contribution in [3.63, 3.8) is 0 Å². The molecule has 0 bridgehead atoms. The van der Waals surface area contributed by atoms with Crippen LogP contribution in [-0.4, -0.2) is 26.5 Å². The zero-order valence-electron chi connectivity index (χ0n) is 21.1. The van der Waals surface area contributed by atoms with Crippen LogP contribution in [0.15, 0.2) is 95.3 Å². The summed E-state index contributed by atoms with van der Waals surface area (Å²) in [5, 5.41) is 9.26. The maximum Gasteiger partial charge on any atom is 0.338 e. The lowest BCUT2D eigenvalue weighted by atomic mass is 9.95. The molecule has 1 atom stereocenters. The van der Waals surface area contributed by atoms with Gasteiger partial charge in [-0.05, 0) is 42.0 Å². The van der Waals surface area contributed by atoms with E-state index >= 15 is 0 Å². The van der Waals surface area contributed by atoms with Gasteiger partial charge in [-0.2, -0.15) is 4.98 Å². The number of aromatic nitrogens is 3. The molecule has 0 spiro atoms. The summed E-state index contributed by atoms with van der Waals surface area (Å²) < 4.78 is 13.5.